The lowest BCUT2D eigenvalue weighted by atomic mass is 10.1. The molecule has 2 heterocycles. The first-order valence-corrected chi connectivity index (χ1v) is 7.03. The van der Waals surface area contributed by atoms with Gasteiger partial charge in [0.05, 0.1) is 10.7 Å². The van der Waals surface area contributed by atoms with Gasteiger partial charge >= 0.3 is 0 Å². The standard InChI is InChI=1S/C12H19N3OS/c1-9-15-11(8-17-9)4-6-13-10-3-2-5-14-12(16)7-10/h8,10,13H,2-7H2,1H3,(H,14,16). The van der Waals surface area contributed by atoms with E-state index in [4.69, 9.17) is 0 Å². The molecule has 0 saturated carbocycles. The van der Waals surface area contributed by atoms with E-state index in [-0.39, 0.29) is 5.91 Å². The van der Waals surface area contributed by atoms with E-state index in [9.17, 15) is 4.79 Å². The van der Waals surface area contributed by atoms with Crippen molar-refractivity contribution in [1.29, 1.82) is 0 Å². The number of rotatable bonds is 4. The predicted molar refractivity (Wildman–Crippen MR) is 69.2 cm³/mol. The Labute approximate surface area is 106 Å². The van der Waals surface area contributed by atoms with Crippen molar-refractivity contribution in [2.45, 2.75) is 38.6 Å². The fraction of sp³-hybridized carbons (Fsp3) is 0.667. The lowest BCUT2D eigenvalue weighted by Gasteiger charge is -2.14. The van der Waals surface area contributed by atoms with E-state index in [1.807, 2.05) is 6.92 Å². The highest BCUT2D eigenvalue weighted by Crippen LogP contribution is 2.09. The third-order valence-electron chi connectivity index (χ3n) is 2.96. The maximum absolute atomic E-state index is 11.4. The molecule has 0 radical (unpaired) electrons. The summed E-state index contributed by atoms with van der Waals surface area (Å²) in [5.41, 5.74) is 1.15. The number of hydrogen-bond donors (Lipinski definition) is 2. The Kier molecular flexibility index (Phi) is 4.50. The van der Waals surface area contributed by atoms with E-state index in [1.165, 1.54) is 0 Å². The molecule has 1 aliphatic rings. The van der Waals surface area contributed by atoms with E-state index in [2.05, 4.69) is 21.0 Å². The fourth-order valence-corrected chi connectivity index (χ4v) is 2.72. The van der Waals surface area contributed by atoms with Crippen LogP contribution in [0, 0.1) is 6.92 Å². The number of aryl methyl sites for hydroxylation is 1. The highest BCUT2D eigenvalue weighted by atomic mass is 32.1. The smallest absolute Gasteiger partial charge is 0.221 e. The first kappa shape index (κ1) is 12.5. The summed E-state index contributed by atoms with van der Waals surface area (Å²) >= 11 is 1.69. The minimum Gasteiger partial charge on any atom is -0.356 e. The summed E-state index contributed by atoms with van der Waals surface area (Å²) in [6, 6.07) is 0.331. The van der Waals surface area contributed by atoms with Gasteiger partial charge in [-0.15, -0.1) is 11.3 Å². The second-order valence-electron chi connectivity index (χ2n) is 4.46. The number of aromatic nitrogens is 1. The van der Waals surface area contributed by atoms with Gasteiger partial charge in [0.25, 0.3) is 0 Å². The zero-order valence-electron chi connectivity index (χ0n) is 10.2. The number of hydrogen-bond acceptors (Lipinski definition) is 4. The van der Waals surface area contributed by atoms with E-state index >= 15 is 0 Å². The van der Waals surface area contributed by atoms with Crippen LogP contribution in [0.3, 0.4) is 0 Å². The third-order valence-corrected chi connectivity index (χ3v) is 3.79. The van der Waals surface area contributed by atoms with Crippen LogP contribution in [0.15, 0.2) is 5.38 Å². The molecule has 5 heteroatoms. The van der Waals surface area contributed by atoms with Crippen LogP contribution in [0.2, 0.25) is 0 Å². The van der Waals surface area contributed by atoms with Crippen LogP contribution in [-0.2, 0) is 11.2 Å². The molecule has 4 nitrogen and oxygen atoms in total. The fourth-order valence-electron chi connectivity index (χ4n) is 2.08. The number of nitrogens with one attached hydrogen (secondary N) is 2. The molecule has 0 aliphatic carbocycles. The van der Waals surface area contributed by atoms with Crippen LogP contribution in [0.1, 0.15) is 30.0 Å². The summed E-state index contributed by atoms with van der Waals surface area (Å²) in [7, 11) is 0. The van der Waals surface area contributed by atoms with Gasteiger partial charge in [-0.1, -0.05) is 0 Å². The molecule has 17 heavy (non-hydrogen) atoms. The maximum atomic E-state index is 11.4. The Morgan fingerprint density at radius 2 is 2.53 bits per heavy atom. The van der Waals surface area contributed by atoms with Crippen molar-refractivity contribution in [1.82, 2.24) is 15.6 Å². The summed E-state index contributed by atoms with van der Waals surface area (Å²) < 4.78 is 0. The molecule has 1 aliphatic heterocycles. The Morgan fingerprint density at radius 1 is 1.65 bits per heavy atom. The molecular formula is C12H19N3OS. The topological polar surface area (TPSA) is 54.0 Å². The number of thiazole rings is 1. The van der Waals surface area contributed by atoms with Gasteiger partial charge in [0.1, 0.15) is 0 Å². The Morgan fingerprint density at radius 3 is 3.29 bits per heavy atom. The highest BCUT2D eigenvalue weighted by Gasteiger charge is 2.16. The lowest BCUT2D eigenvalue weighted by molar-refractivity contribution is -0.121. The second-order valence-corrected chi connectivity index (χ2v) is 5.52. The molecule has 2 rings (SSSR count). The van der Waals surface area contributed by atoms with Crippen LogP contribution in [-0.4, -0.2) is 30.0 Å². The average Bonchev–Trinajstić information content (AvgIpc) is 2.58. The van der Waals surface area contributed by atoms with E-state index < -0.39 is 0 Å². The van der Waals surface area contributed by atoms with Crippen LogP contribution in [0.4, 0.5) is 0 Å². The van der Waals surface area contributed by atoms with Crippen molar-refractivity contribution in [2.75, 3.05) is 13.1 Å². The number of amides is 1. The van der Waals surface area contributed by atoms with Crippen molar-refractivity contribution in [2.24, 2.45) is 0 Å². The summed E-state index contributed by atoms with van der Waals surface area (Å²) in [4.78, 5) is 15.8. The molecule has 1 amide bonds. The normalized spacial score (nSPS) is 21.0. The van der Waals surface area contributed by atoms with E-state index in [0.29, 0.717) is 12.5 Å². The minimum atomic E-state index is 0.171. The second kappa shape index (κ2) is 6.12. The van der Waals surface area contributed by atoms with Crippen molar-refractivity contribution >= 4 is 17.2 Å². The summed E-state index contributed by atoms with van der Waals surface area (Å²) in [5, 5.41) is 9.58. The highest BCUT2D eigenvalue weighted by molar-refractivity contribution is 7.09. The molecule has 0 spiro atoms. The predicted octanol–water partition coefficient (Wildman–Crippen LogP) is 1.25. The Balaban J connectivity index is 1.72. The first-order chi connectivity index (χ1) is 8.24. The van der Waals surface area contributed by atoms with E-state index in [1.54, 1.807) is 11.3 Å². The van der Waals surface area contributed by atoms with Gasteiger partial charge in [0.15, 0.2) is 0 Å². The Hall–Kier alpha value is -0.940. The van der Waals surface area contributed by atoms with Crippen LogP contribution in [0.5, 0.6) is 0 Å². The molecule has 94 valence electrons. The molecule has 2 N–H and O–H groups in total. The maximum Gasteiger partial charge on any atom is 0.221 e. The molecule has 0 bridgehead atoms. The number of carbonyl (C=O) groups excluding carboxylic acids is 1. The van der Waals surface area contributed by atoms with Gasteiger partial charge < -0.3 is 10.6 Å². The molecule has 0 aromatic carbocycles. The lowest BCUT2D eigenvalue weighted by Crippen LogP contribution is -2.33. The van der Waals surface area contributed by atoms with Crippen molar-refractivity contribution in [3.8, 4) is 0 Å². The average molecular weight is 253 g/mol. The van der Waals surface area contributed by atoms with Crippen molar-refractivity contribution < 1.29 is 4.79 Å². The van der Waals surface area contributed by atoms with Gasteiger partial charge in [-0.3, -0.25) is 4.79 Å². The molecule has 1 atom stereocenters. The number of carbonyl (C=O) groups is 1. The molecule has 1 aromatic heterocycles. The Bertz CT molecular complexity index is 378. The summed E-state index contributed by atoms with van der Waals surface area (Å²) in [5.74, 6) is 0.171. The van der Waals surface area contributed by atoms with Crippen LogP contribution < -0.4 is 10.6 Å². The van der Waals surface area contributed by atoms with Gasteiger partial charge in [0, 0.05) is 37.4 Å². The largest absolute Gasteiger partial charge is 0.356 e. The van der Waals surface area contributed by atoms with Gasteiger partial charge in [0.2, 0.25) is 5.91 Å². The van der Waals surface area contributed by atoms with Gasteiger partial charge in [-0.2, -0.15) is 0 Å². The van der Waals surface area contributed by atoms with Crippen LogP contribution in [0.25, 0.3) is 0 Å². The molecular weight excluding hydrogens is 234 g/mol. The van der Waals surface area contributed by atoms with Crippen molar-refractivity contribution in [3.05, 3.63) is 16.1 Å². The zero-order chi connectivity index (χ0) is 12.1. The third kappa shape index (κ3) is 4.09. The molecule has 1 saturated heterocycles. The zero-order valence-corrected chi connectivity index (χ0v) is 11.0. The quantitative estimate of drug-likeness (QED) is 0.849. The summed E-state index contributed by atoms with van der Waals surface area (Å²) in [6.07, 6.45) is 3.70. The van der Waals surface area contributed by atoms with Crippen LogP contribution >= 0.6 is 11.3 Å². The van der Waals surface area contributed by atoms with Gasteiger partial charge in [-0.25, -0.2) is 4.98 Å². The SMILES string of the molecule is Cc1nc(CCNC2CCCNC(=O)C2)cs1. The van der Waals surface area contributed by atoms with Gasteiger partial charge in [-0.05, 0) is 19.8 Å². The monoisotopic (exact) mass is 253 g/mol. The molecule has 1 unspecified atom stereocenters. The first-order valence-electron chi connectivity index (χ1n) is 6.15. The molecule has 1 fully saturated rings. The van der Waals surface area contributed by atoms with Crippen molar-refractivity contribution in [3.63, 3.8) is 0 Å². The minimum absolute atomic E-state index is 0.171. The van der Waals surface area contributed by atoms with E-state index in [0.717, 1.165) is 43.1 Å². The number of nitrogens with zero attached hydrogens (tertiary/aromatic N) is 1. The summed E-state index contributed by atoms with van der Waals surface area (Å²) in [6.45, 7) is 3.75. The molecule has 1 aromatic rings.